The van der Waals surface area contributed by atoms with Crippen molar-refractivity contribution in [1.82, 2.24) is 0 Å². The lowest BCUT2D eigenvalue weighted by atomic mass is 9.79. The Kier molecular flexibility index (Phi) is 4.47. The molecule has 1 aliphatic heterocycles. The van der Waals surface area contributed by atoms with Crippen molar-refractivity contribution in [3.05, 3.63) is 35.4 Å². The highest BCUT2D eigenvalue weighted by Gasteiger charge is 2.28. The first-order valence-corrected chi connectivity index (χ1v) is 6.32. The van der Waals surface area contributed by atoms with E-state index in [1.54, 1.807) is 0 Å². The van der Waals surface area contributed by atoms with E-state index in [0.717, 1.165) is 18.9 Å². The number of carboxylic acid groups (broad SMARTS) is 1. The number of carbonyl (C=O) groups is 1. The summed E-state index contributed by atoms with van der Waals surface area (Å²) in [5, 5.41) is 9.00. The summed E-state index contributed by atoms with van der Waals surface area (Å²) in [5.74, 6) is -2.58. The van der Waals surface area contributed by atoms with Gasteiger partial charge >= 0.3 is 5.97 Å². The van der Waals surface area contributed by atoms with Crippen LogP contribution < -0.4 is 0 Å². The first-order valence-electron chi connectivity index (χ1n) is 6.32. The lowest BCUT2D eigenvalue weighted by Gasteiger charge is -2.29. The highest BCUT2D eigenvalue weighted by Crippen LogP contribution is 2.35. The van der Waals surface area contributed by atoms with E-state index in [0.29, 0.717) is 18.8 Å². The minimum atomic E-state index is -0.957. The van der Waals surface area contributed by atoms with E-state index in [-0.39, 0.29) is 18.3 Å². The summed E-state index contributed by atoms with van der Waals surface area (Å²) in [5.41, 5.74) is 0.423. The molecule has 0 saturated carbocycles. The van der Waals surface area contributed by atoms with E-state index in [2.05, 4.69) is 0 Å². The number of ether oxygens (including phenoxy) is 1. The van der Waals surface area contributed by atoms with Crippen LogP contribution in [0.2, 0.25) is 0 Å². The summed E-state index contributed by atoms with van der Waals surface area (Å²) >= 11 is 0. The number of hydrogen-bond donors (Lipinski definition) is 1. The minimum Gasteiger partial charge on any atom is -0.481 e. The molecule has 1 heterocycles. The zero-order valence-electron chi connectivity index (χ0n) is 10.4. The Bertz CT molecular complexity index is 436. The Balaban J connectivity index is 2.27. The van der Waals surface area contributed by atoms with Gasteiger partial charge < -0.3 is 9.84 Å². The van der Waals surface area contributed by atoms with Gasteiger partial charge in [0.1, 0.15) is 11.6 Å². The van der Waals surface area contributed by atoms with Gasteiger partial charge in [-0.3, -0.25) is 4.79 Å². The predicted molar refractivity (Wildman–Crippen MR) is 64.9 cm³/mol. The van der Waals surface area contributed by atoms with E-state index in [4.69, 9.17) is 9.84 Å². The van der Waals surface area contributed by atoms with Gasteiger partial charge in [0.25, 0.3) is 0 Å². The zero-order chi connectivity index (χ0) is 13.8. The molecule has 2 rings (SSSR count). The fourth-order valence-electron chi connectivity index (χ4n) is 2.65. The van der Waals surface area contributed by atoms with Gasteiger partial charge in [-0.1, -0.05) is 0 Å². The summed E-state index contributed by atoms with van der Waals surface area (Å²) in [6, 6.07) is 3.25. The Morgan fingerprint density at radius 1 is 1.26 bits per heavy atom. The third-order valence-corrected chi connectivity index (χ3v) is 3.54. The van der Waals surface area contributed by atoms with E-state index in [9.17, 15) is 13.6 Å². The molecule has 0 spiro atoms. The van der Waals surface area contributed by atoms with Crippen LogP contribution in [0.4, 0.5) is 8.78 Å². The second kappa shape index (κ2) is 6.10. The number of halogens is 2. The predicted octanol–water partition coefficient (Wildman–Crippen LogP) is 2.95. The van der Waals surface area contributed by atoms with E-state index < -0.39 is 17.6 Å². The van der Waals surface area contributed by atoms with Crippen molar-refractivity contribution < 1.29 is 23.4 Å². The number of carboxylic acids is 1. The van der Waals surface area contributed by atoms with Crippen molar-refractivity contribution >= 4 is 5.97 Å². The van der Waals surface area contributed by atoms with Gasteiger partial charge in [-0.15, -0.1) is 0 Å². The van der Waals surface area contributed by atoms with Crippen molar-refractivity contribution in [2.24, 2.45) is 5.92 Å². The molecule has 1 aromatic carbocycles. The summed E-state index contributed by atoms with van der Waals surface area (Å²) in [4.78, 5) is 11.0. The van der Waals surface area contributed by atoms with Gasteiger partial charge in [0.15, 0.2) is 0 Å². The average Bonchev–Trinajstić information content (AvgIpc) is 2.35. The van der Waals surface area contributed by atoms with E-state index in [1.165, 1.54) is 12.1 Å². The fourth-order valence-corrected chi connectivity index (χ4v) is 2.65. The molecule has 104 valence electrons. The summed E-state index contributed by atoms with van der Waals surface area (Å²) < 4.78 is 31.8. The van der Waals surface area contributed by atoms with Crippen molar-refractivity contribution in [2.45, 2.75) is 25.2 Å². The molecule has 0 aromatic heterocycles. The molecule has 0 aliphatic carbocycles. The smallest absolute Gasteiger partial charge is 0.303 e. The van der Waals surface area contributed by atoms with Crippen LogP contribution in [0, 0.1) is 17.6 Å². The van der Waals surface area contributed by atoms with Crippen LogP contribution in [0.5, 0.6) is 0 Å². The first-order chi connectivity index (χ1) is 9.06. The molecule has 0 radical (unpaired) electrons. The maximum Gasteiger partial charge on any atom is 0.303 e. The highest BCUT2D eigenvalue weighted by molar-refractivity contribution is 5.68. The second-order valence-electron chi connectivity index (χ2n) is 4.86. The van der Waals surface area contributed by atoms with Crippen molar-refractivity contribution in [3.63, 3.8) is 0 Å². The molecular formula is C14H16F2O3. The zero-order valence-corrected chi connectivity index (χ0v) is 10.4. The Hall–Kier alpha value is -1.49. The average molecular weight is 270 g/mol. The molecule has 3 nitrogen and oxygen atoms in total. The molecule has 1 unspecified atom stereocenters. The highest BCUT2D eigenvalue weighted by atomic mass is 19.1. The first kappa shape index (κ1) is 13.9. The lowest BCUT2D eigenvalue weighted by molar-refractivity contribution is -0.138. The second-order valence-corrected chi connectivity index (χ2v) is 4.86. The summed E-state index contributed by atoms with van der Waals surface area (Å²) in [6.07, 6.45) is 1.32. The molecular weight excluding hydrogens is 254 g/mol. The quantitative estimate of drug-likeness (QED) is 0.915. The Morgan fingerprint density at radius 2 is 1.84 bits per heavy atom. The monoisotopic (exact) mass is 270 g/mol. The molecule has 1 atom stereocenters. The van der Waals surface area contributed by atoms with Crippen molar-refractivity contribution in [3.8, 4) is 0 Å². The third-order valence-electron chi connectivity index (χ3n) is 3.54. The molecule has 1 N–H and O–H groups in total. The molecule has 1 aliphatic rings. The van der Waals surface area contributed by atoms with Gasteiger partial charge in [0, 0.05) is 19.3 Å². The van der Waals surface area contributed by atoms with Gasteiger partial charge in [0.2, 0.25) is 0 Å². The molecule has 0 amide bonds. The molecule has 1 saturated heterocycles. The van der Waals surface area contributed by atoms with Gasteiger partial charge in [-0.05, 0) is 42.4 Å². The minimum absolute atomic E-state index is 0.0889. The van der Waals surface area contributed by atoms with E-state index in [1.807, 2.05) is 0 Å². The maximum absolute atomic E-state index is 13.3. The van der Waals surface area contributed by atoms with Crippen molar-refractivity contribution in [1.29, 1.82) is 0 Å². The van der Waals surface area contributed by atoms with Crippen LogP contribution >= 0.6 is 0 Å². The number of rotatable bonds is 4. The summed E-state index contributed by atoms with van der Waals surface area (Å²) in [6.45, 7) is 1.14. The standard InChI is InChI=1S/C14H16F2O3/c15-11-5-10(6-12(16)7-11)13(8-14(17)18)9-1-3-19-4-2-9/h5-7,9,13H,1-4,8H2,(H,17,18). The molecule has 1 aromatic rings. The van der Waals surface area contributed by atoms with Crippen LogP contribution in [0.15, 0.2) is 18.2 Å². The maximum atomic E-state index is 13.3. The SMILES string of the molecule is O=C(O)CC(c1cc(F)cc(F)c1)C1CCOCC1. The van der Waals surface area contributed by atoms with Crippen LogP contribution in [0.1, 0.15) is 30.7 Å². The Labute approximate surface area is 110 Å². The summed E-state index contributed by atoms with van der Waals surface area (Å²) in [7, 11) is 0. The Morgan fingerprint density at radius 3 is 2.37 bits per heavy atom. The van der Waals surface area contributed by atoms with Crippen LogP contribution in [-0.4, -0.2) is 24.3 Å². The van der Waals surface area contributed by atoms with Crippen LogP contribution in [0.3, 0.4) is 0 Å². The lowest BCUT2D eigenvalue weighted by Crippen LogP contribution is -2.24. The number of benzene rings is 1. The van der Waals surface area contributed by atoms with Gasteiger partial charge in [-0.25, -0.2) is 8.78 Å². The molecule has 5 heteroatoms. The normalized spacial score (nSPS) is 18.2. The largest absolute Gasteiger partial charge is 0.481 e. The molecule has 19 heavy (non-hydrogen) atoms. The van der Waals surface area contributed by atoms with Gasteiger partial charge in [0.05, 0.1) is 6.42 Å². The van der Waals surface area contributed by atoms with Gasteiger partial charge in [-0.2, -0.15) is 0 Å². The van der Waals surface area contributed by atoms with Crippen LogP contribution in [-0.2, 0) is 9.53 Å². The number of aliphatic carboxylic acids is 1. The molecule has 0 bridgehead atoms. The fraction of sp³-hybridized carbons (Fsp3) is 0.500. The van der Waals surface area contributed by atoms with E-state index >= 15 is 0 Å². The molecule has 1 fully saturated rings. The van der Waals surface area contributed by atoms with Crippen molar-refractivity contribution in [2.75, 3.05) is 13.2 Å². The topological polar surface area (TPSA) is 46.5 Å². The van der Waals surface area contributed by atoms with Crippen LogP contribution in [0.25, 0.3) is 0 Å². The third kappa shape index (κ3) is 3.73. The number of hydrogen-bond acceptors (Lipinski definition) is 2.